The maximum Gasteiger partial charge on any atom is 0.319 e. The van der Waals surface area contributed by atoms with E-state index in [4.69, 9.17) is 19.9 Å². The molecule has 2 aromatic heterocycles. The van der Waals surface area contributed by atoms with Crippen LogP contribution < -0.4 is 16.4 Å². The predicted molar refractivity (Wildman–Crippen MR) is 159 cm³/mol. The molecule has 6 rings (SSSR count). The highest BCUT2D eigenvalue weighted by Crippen LogP contribution is 2.47. The molecule has 1 aromatic carbocycles. The van der Waals surface area contributed by atoms with Gasteiger partial charge in [-0.3, -0.25) is 4.57 Å². The first-order valence-electron chi connectivity index (χ1n) is 14.6. The lowest BCUT2D eigenvalue weighted by Gasteiger charge is -2.29. The van der Waals surface area contributed by atoms with Crippen molar-refractivity contribution in [3.8, 4) is 0 Å². The zero-order valence-electron chi connectivity index (χ0n) is 25.3. The van der Waals surface area contributed by atoms with Crippen LogP contribution in [-0.4, -0.2) is 81.2 Å². The minimum Gasteiger partial charge on any atom is -0.382 e. The van der Waals surface area contributed by atoms with E-state index in [0.29, 0.717) is 30.1 Å². The second-order valence-corrected chi connectivity index (χ2v) is 13.5. The average molecular weight is 579 g/mol. The molecule has 3 fully saturated rings. The summed E-state index contributed by atoms with van der Waals surface area (Å²) >= 11 is 0. The van der Waals surface area contributed by atoms with Gasteiger partial charge in [0.25, 0.3) is 0 Å². The highest BCUT2D eigenvalue weighted by atomic mass is 16.8. The number of aromatic nitrogens is 4. The van der Waals surface area contributed by atoms with Crippen LogP contribution in [0.4, 0.5) is 16.3 Å². The first-order valence-corrected chi connectivity index (χ1v) is 14.6. The van der Waals surface area contributed by atoms with Gasteiger partial charge in [-0.25, -0.2) is 19.7 Å². The van der Waals surface area contributed by atoms with Crippen molar-refractivity contribution in [3.63, 3.8) is 0 Å². The Labute approximate surface area is 246 Å². The number of benzene rings is 1. The van der Waals surface area contributed by atoms with E-state index in [1.54, 1.807) is 6.33 Å². The number of nitrogens with zero attached hydrogens (tertiary/aromatic N) is 5. The van der Waals surface area contributed by atoms with Gasteiger partial charge in [0.2, 0.25) is 0 Å². The number of amides is 2. The van der Waals surface area contributed by atoms with Gasteiger partial charge in [-0.05, 0) is 56.8 Å². The van der Waals surface area contributed by atoms with E-state index in [1.165, 1.54) is 11.9 Å². The number of hydrogen-bond donors (Lipinski definition) is 3. The van der Waals surface area contributed by atoms with Crippen molar-refractivity contribution in [2.24, 2.45) is 5.41 Å². The summed E-state index contributed by atoms with van der Waals surface area (Å²) in [4.78, 5) is 27.8. The molecule has 3 aromatic rings. The summed E-state index contributed by atoms with van der Waals surface area (Å²) in [6.07, 6.45) is 3.94. The fraction of sp³-hybridized carbons (Fsp3) is 0.600. The van der Waals surface area contributed by atoms with E-state index in [2.05, 4.69) is 70.4 Å². The number of urea groups is 1. The third-order valence-corrected chi connectivity index (χ3v) is 8.47. The second kappa shape index (κ2) is 10.4. The molecule has 0 unspecified atom stereocenters. The van der Waals surface area contributed by atoms with Gasteiger partial charge in [-0.2, -0.15) is 0 Å². The predicted octanol–water partition coefficient (Wildman–Crippen LogP) is 3.66. The number of anilines is 2. The SMILES string of the molecule is CN(C[C@H]1O[C@@H](n2cnc3c(N)ncnc32)[C@@H]2OC(C)(C)O[C@@H]21)CC1(CNC(=O)Nc2ccc(C(C)(C)C)cc2)CC1. The zero-order valence-corrected chi connectivity index (χ0v) is 25.3. The van der Waals surface area contributed by atoms with Crippen molar-refractivity contribution < 1.29 is 19.0 Å². The molecule has 1 aliphatic carbocycles. The van der Waals surface area contributed by atoms with E-state index >= 15 is 0 Å². The van der Waals surface area contributed by atoms with Gasteiger partial charge in [-0.1, -0.05) is 32.9 Å². The molecule has 0 spiro atoms. The molecular weight excluding hydrogens is 536 g/mol. The molecular formula is C30H42N8O4. The van der Waals surface area contributed by atoms with Crippen molar-refractivity contribution in [1.82, 2.24) is 29.7 Å². The van der Waals surface area contributed by atoms with Crippen molar-refractivity contribution in [1.29, 1.82) is 0 Å². The molecule has 0 radical (unpaired) electrons. The van der Waals surface area contributed by atoms with Crippen LogP contribution in [0.2, 0.25) is 0 Å². The highest BCUT2D eigenvalue weighted by molar-refractivity contribution is 5.89. The molecule has 3 aliphatic rings. The number of rotatable bonds is 8. The molecule has 2 aliphatic heterocycles. The summed E-state index contributed by atoms with van der Waals surface area (Å²) in [5.74, 6) is -0.412. The quantitative estimate of drug-likeness (QED) is 0.365. The average Bonchev–Trinajstić information content (AvgIpc) is 3.23. The van der Waals surface area contributed by atoms with Crippen LogP contribution in [0.15, 0.2) is 36.9 Å². The molecule has 12 heteroatoms. The van der Waals surface area contributed by atoms with E-state index in [0.717, 1.165) is 25.1 Å². The van der Waals surface area contributed by atoms with Gasteiger partial charge >= 0.3 is 6.03 Å². The fourth-order valence-electron chi connectivity index (χ4n) is 6.09. The van der Waals surface area contributed by atoms with Gasteiger partial charge in [0.05, 0.1) is 6.33 Å². The first kappa shape index (κ1) is 28.8. The second-order valence-electron chi connectivity index (χ2n) is 13.5. The van der Waals surface area contributed by atoms with Gasteiger partial charge < -0.3 is 35.5 Å². The Hall–Kier alpha value is -3.32. The van der Waals surface area contributed by atoms with Crippen molar-refractivity contribution in [2.45, 2.75) is 83.2 Å². The number of nitrogens with one attached hydrogen (secondary N) is 2. The van der Waals surface area contributed by atoms with E-state index in [1.807, 2.05) is 30.5 Å². The highest BCUT2D eigenvalue weighted by Gasteiger charge is 2.56. The Morgan fingerprint density at radius 1 is 1.12 bits per heavy atom. The molecule has 4 heterocycles. The minimum absolute atomic E-state index is 0.0425. The third kappa shape index (κ3) is 5.81. The van der Waals surface area contributed by atoms with Crippen LogP contribution in [-0.2, 0) is 19.6 Å². The molecule has 226 valence electrons. The standard InChI is InChI=1S/C30H42N8O4/c1-28(2,3)18-7-9-19(10-8-18)36-27(39)32-14-30(11-12-30)15-37(6)13-20-22-23(42-29(4,5)41-22)26(40-20)38-17-35-21-24(31)33-16-34-25(21)38/h7-10,16-17,20,22-23,26H,11-15H2,1-6H3,(H2,31,33,34)(H2,32,36,39)/t20-,22-,23-,26-/m1/s1. The summed E-state index contributed by atoms with van der Waals surface area (Å²) in [7, 11) is 2.09. The van der Waals surface area contributed by atoms with Crippen LogP contribution in [0.3, 0.4) is 0 Å². The maximum absolute atomic E-state index is 12.7. The number of imidazole rings is 1. The molecule has 0 bridgehead atoms. The lowest BCUT2D eigenvalue weighted by molar-refractivity contribution is -0.197. The maximum atomic E-state index is 12.7. The van der Waals surface area contributed by atoms with Gasteiger partial charge in [0, 0.05) is 30.7 Å². The number of nitrogen functional groups attached to an aromatic ring is 1. The van der Waals surface area contributed by atoms with E-state index < -0.39 is 12.0 Å². The lowest BCUT2D eigenvalue weighted by Crippen LogP contribution is -2.43. The van der Waals surface area contributed by atoms with Crippen molar-refractivity contribution in [3.05, 3.63) is 42.5 Å². The van der Waals surface area contributed by atoms with Crippen LogP contribution in [0.5, 0.6) is 0 Å². The Balaban J connectivity index is 1.06. The molecule has 2 amide bonds. The third-order valence-electron chi connectivity index (χ3n) is 8.47. The first-order chi connectivity index (χ1) is 19.8. The zero-order chi connectivity index (χ0) is 29.9. The summed E-state index contributed by atoms with van der Waals surface area (Å²) in [6.45, 7) is 12.4. The molecule has 1 saturated carbocycles. The minimum atomic E-state index is -0.735. The smallest absolute Gasteiger partial charge is 0.319 e. The topological polar surface area (TPSA) is 142 Å². The Morgan fingerprint density at radius 2 is 1.83 bits per heavy atom. The number of carbonyl (C=O) groups excluding carboxylic acids is 1. The monoisotopic (exact) mass is 578 g/mol. The normalized spacial score (nSPS) is 26.0. The lowest BCUT2D eigenvalue weighted by atomic mass is 9.87. The number of ether oxygens (including phenoxy) is 3. The number of hydrogen-bond acceptors (Lipinski definition) is 9. The Morgan fingerprint density at radius 3 is 2.52 bits per heavy atom. The summed E-state index contributed by atoms with van der Waals surface area (Å²) < 4.78 is 21.1. The largest absolute Gasteiger partial charge is 0.382 e. The number of fused-ring (bicyclic) bond motifs is 2. The van der Waals surface area contributed by atoms with Gasteiger partial charge in [-0.15, -0.1) is 0 Å². The van der Waals surface area contributed by atoms with Crippen LogP contribution in [0.1, 0.15) is 59.3 Å². The summed E-state index contributed by atoms with van der Waals surface area (Å²) in [5.41, 5.74) is 9.27. The number of carbonyl (C=O) groups is 1. The Kier molecular flexibility index (Phi) is 7.16. The van der Waals surface area contributed by atoms with Crippen molar-refractivity contribution >= 4 is 28.7 Å². The van der Waals surface area contributed by atoms with Crippen LogP contribution >= 0.6 is 0 Å². The summed E-state index contributed by atoms with van der Waals surface area (Å²) in [6, 6.07) is 7.84. The van der Waals surface area contributed by atoms with Crippen LogP contribution in [0, 0.1) is 5.41 Å². The van der Waals surface area contributed by atoms with Gasteiger partial charge in [0.1, 0.15) is 30.2 Å². The molecule has 12 nitrogen and oxygen atoms in total. The van der Waals surface area contributed by atoms with Crippen LogP contribution in [0.25, 0.3) is 11.2 Å². The van der Waals surface area contributed by atoms with Crippen molar-refractivity contribution in [2.75, 3.05) is 37.7 Å². The van der Waals surface area contributed by atoms with E-state index in [-0.39, 0.29) is 35.2 Å². The number of nitrogens with two attached hydrogens (primary N) is 1. The summed E-state index contributed by atoms with van der Waals surface area (Å²) in [5, 5.41) is 6.05. The molecule has 2 saturated heterocycles. The molecule has 42 heavy (non-hydrogen) atoms. The number of likely N-dealkylation sites (N-methyl/N-ethyl adjacent to an activating group) is 1. The fourth-order valence-corrected chi connectivity index (χ4v) is 6.09. The molecule has 4 N–H and O–H groups in total. The molecule has 4 atom stereocenters. The van der Waals surface area contributed by atoms with E-state index in [9.17, 15) is 4.79 Å². The van der Waals surface area contributed by atoms with Gasteiger partial charge in [0.15, 0.2) is 23.5 Å². The Bertz CT molecular complexity index is 1450.